The Balaban J connectivity index is 1.89. The minimum atomic E-state index is -0.198. The van der Waals surface area contributed by atoms with Gasteiger partial charge in [0.2, 0.25) is 0 Å². The molecule has 1 aromatic carbocycles. The third-order valence-electron chi connectivity index (χ3n) is 4.93. The Morgan fingerprint density at radius 3 is 2.38 bits per heavy atom. The van der Waals surface area contributed by atoms with Gasteiger partial charge in [0, 0.05) is 12.6 Å². The minimum absolute atomic E-state index is 0.107. The van der Waals surface area contributed by atoms with E-state index in [1.165, 1.54) is 5.56 Å². The number of nitrogens with one attached hydrogen (secondary N) is 2. The SMILES string of the molecule is CCN(CC)C(CNC(=O)NC1CCC(O)CC1)c1ccccc1. The van der Waals surface area contributed by atoms with E-state index >= 15 is 0 Å². The van der Waals surface area contributed by atoms with Crippen molar-refractivity contribution in [3.05, 3.63) is 35.9 Å². The molecule has 1 unspecified atom stereocenters. The highest BCUT2D eigenvalue weighted by molar-refractivity contribution is 5.74. The van der Waals surface area contributed by atoms with Crippen LogP contribution in [-0.2, 0) is 0 Å². The smallest absolute Gasteiger partial charge is 0.315 e. The number of carbonyl (C=O) groups excluding carboxylic acids is 1. The monoisotopic (exact) mass is 333 g/mol. The molecule has 0 aromatic heterocycles. The molecule has 0 spiro atoms. The first kappa shape index (κ1) is 18.7. The fourth-order valence-electron chi connectivity index (χ4n) is 3.44. The number of aliphatic hydroxyl groups is 1. The number of likely N-dealkylation sites (N-methyl/N-ethyl adjacent to an activating group) is 1. The average Bonchev–Trinajstić information content (AvgIpc) is 2.61. The summed E-state index contributed by atoms with van der Waals surface area (Å²) in [6, 6.07) is 10.6. The number of nitrogens with zero attached hydrogens (tertiary/aromatic N) is 1. The normalized spacial score (nSPS) is 22.2. The lowest BCUT2D eigenvalue weighted by molar-refractivity contribution is 0.117. The van der Waals surface area contributed by atoms with Crippen LogP contribution in [0.5, 0.6) is 0 Å². The zero-order chi connectivity index (χ0) is 17.4. The third kappa shape index (κ3) is 5.49. The number of amides is 2. The molecule has 5 heteroatoms. The number of urea groups is 1. The van der Waals surface area contributed by atoms with E-state index in [2.05, 4.69) is 41.5 Å². The molecule has 0 aliphatic heterocycles. The average molecular weight is 333 g/mol. The first-order valence-electron chi connectivity index (χ1n) is 9.15. The number of aliphatic hydroxyl groups excluding tert-OH is 1. The lowest BCUT2D eigenvalue weighted by Gasteiger charge is -2.31. The van der Waals surface area contributed by atoms with Gasteiger partial charge in [-0.15, -0.1) is 0 Å². The van der Waals surface area contributed by atoms with Crippen molar-refractivity contribution in [1.29, 1.82) is 0 Å². The summed E-state index contributed by atoms with van der Waals surface area (Å²) in [7, 11) is 0. The van der Waals surface area contributed by atoms with Gasteiger partial charge in [-0.25, -0.2) is 4.79 Å². The van der Waals surface area contributed by atoms with Crippen LogP contribution in [0.25, 0.3) is 0 Å². The largest absolute Gasteiger partial charge is 0.393 e. The second-order valence-electron chi connectivity index (χ2n) is 6.51. The topological polar surface area (TPSA) is 64.6 Å². The van der Waals surface area contributed by atoms with Gasteiger partial charge in [-0.05, 0) is 44.3 Å². The van der Waals surface area contributed by atoms with Crippen molar-refractivity contribution in [2.24, 2.45) is 0 Å². The van der Waals surface area contributed by atoms with E-state index in [1.54, 1.807) is 0 Å². The Labute approximate surface area is 145 Å². The maximum Gasteiger partial charge on any atom is 0.315 e. The van der Waals surface area contributed by atoms with E-state index in [-0.39, 0.29) is 24.2 Å². The van der Waals surface area contributed by atoms with Crippen molar-refractivity contribution in [1.82, 2.24) is 15.5 Å². The van der Waals surface area contributed by atoms with Crippen LogP contribution < -0.4 is 10.6 Å². The Bertz CT molecular complexity index is 483. The molecule has 2 rings (SSSR count). The van der Waals surface area contributed by atoms with Crippen LogP contribution in [0.1, 0.15) is 51.1 Å². The van der Waals surface area contributed by atoms with Crippen LogP contribution in [0.3, 0.4) is 0 Å². The highest BCUT2D eigenvalue weighted by atomic mass is 16.3. The maximum absolute atomic E-state index is 12.2. The minimum Gasteiger partial charge on any atom is -0.393 e. The molecule has 1 aliphatic carbocycles. The van der Waals surface area contributed by atoms with Crippen LogP contribution in [-0.4, -0.2) is 47.8 Å². The van der Waals surface area contributed by atoms with Gasteiger partial charge in [-0.1, -0.05) is 44.2 Å². The van der Waals surface area contributed by atoms with Crippen molar-refractivity contribution < 1.29 is 9.90 Å². The third-order valence-corrected chi connectivity index (χ3v) is 4.93. The number of hydrogen-bond donors (Lipinski definition) is 3. The Morgan fingerprint density at radius 2 is 1.79 bits per heavy atom. The van der Waals surface area contributed by atoms with Gasteiger partial charge in [-0.2, -0.15) is 0 Å². The van der Waals surface area contributed by atoms with E-state index in [0.717, 1.165) is 38.8 Å². The van der Waals surface area contributed by atoms with Crippen LogP contribution in [0.2, 0.25) is 0 Å². The predicted molar refractivity (Wildman–Crippen MR) is 96.9 cm³/mol. The first-order valence-corrected chi connectivity index (χ1v) is 9.15. The fraction of sp³-hybridized carbons (Fsp3) is 0.632. The Hall–Kier alpha value is -1.59. The van der Waals surface area contributed by atoms with E-state index in [0.29, 0.717) is 6.54 Å². The predicted octanol–water partition coefficient (Wildman–Crippen LogP) is 2.67. The molecule has 3 N–H and O–H groups in total. The molecule has 1 atom stereocenters. The molecule has 134 valence electrons. The van der Waals surface area contributed by atoms with E-state index < -0.39 is 0 Å². The maximum atomic E-state index is 12.2. The number of hydrogen-bond acceptors (Lipinski definition) is 3. The summed E-state index contributed by atoms with van der Waals surface area (Å²) in [6.07, 6.45) is 3.06. The Kier molecular flexibility index (Phi) is 7.53. The zero-order valence-corrected chi connectivity index (χ0v) is 14.9. The van der Waals surface area contributed by atoms with Crippen LogP contribution >= 0.6 is 0 Å². The van der Waals surface area contributed by atoms with Crippen molar-refractivity contribution in [2.45, 2.75) is 57.7 Å². The number of rotatable bonds is 7. The van der Waals surface area contributed by atoms with Crippen LogP contribution in [0, 0.1) is 0 Å². The summed E-state index contributed by atoms with van der Waals surface area (Å²) in [4.78, 5) is 14.6. The van der Waals surface area contributed by atoms with Gasteiger partial charge < -0.3 is 15.7 Å². The Morgan fingerprint density at radius 1 is 1.17 bits per heavy atom. The van der Waals surface area contributed by atoms with Gasteiger partial charge in [-0.3, -0.25) is 4.90 Å². The van der Waals surface area contributed by atoms with Crippen molar-refractivity contribution in [3.8, 4) is 0 Å². The molecule has 0 heterocycles. The highest BCUT2D eigenvalue weighted by Gasteiger charge is 2.22. The zero-order valence-electron chi connectivity index (χ0n) is 14.9. The summed E-state index contributed by atoms with van der Waals surface area (Å²) < 4.78 is 0. The molecule has 1 aliphatic rings. The van der Waals surface area contributed by atoms with Crippen LogP contribution in [0.15, 0.2) is 30.3 Å². The molecule has 2 amide bonds. The highest BCUT2D eigenvalue weighted by Crippen LogP contribution is 2.20. The number of carbonyl (C=O) groups is 1. The standard InChI is InChI=1S/C19H31N3O2/c1-3-22(4-2)18(15-8-6-5-7-9-15)14-20-19(24)21-16-10-12-17(23)13-11-16/h5-9,16-18,23H,3-4,10-14H2,1-2H3,(H2,20,21,24). The second-order valence-corrected chi connectivity index (χ2v) is 6.51. The molecule has 24 heavy (non-hydrogen) atoms. The van der Waals surface area contributed by atoms with Crippen molar-refractivity contribution in [2.75, 3.05) is 19.6 Å². The summed E-state index contributed by atoms with van der Waals surface area (Å²) in [5.74, 6) is 0. The lowest BCUT2D eigenvalue weighted by Crippen LogP contribution is -2.46. The molecule has 0 bridgehead atoms. The molecule has 1 fully saturated rings. The fourth-order valence-corrected chi connectivity index (χ4v) is 3.44. The molecule has 1 saturated carbocycles. The second kappa shape index (κ2) is 9.64. The van der Waals surface area contributed by atoms with Crippen LogP contribution in [0.4, 0.5) is 4.79 Å². The van der Waals surface area contributed by atoms with E-state index in [4.69, 9.17) is 0 Å². The van der Waals surface area contributed by atoms with Gasteiger partial charge in [0.15, 0.2) is 0 Å². The summed E-state index contributed by atoms with van der Waals surface area (Å²) in [6.45, 7) is 6.77. The molecule has 1 aromatic rings. The summed E-state index contributed by atoms with van der Waals surface area (Å²) in [5, 5.41) is 15.6. The number of benzene rings is 1. The molecule has 0 saturated heterocycles. The lowest BCUT2D eigenvalue weighted by atomic mass is 9.93. The summed E-state index contributed by atoms with van der Waals surface area (Å²) >= 11 is 0. The summed E-state index contributed by atoms with van der Waals surface area (Å²) in [5.41, 5.74) is 1.22. The molecular weight excluding hydrogens is 302 g/mol. The van der Waals surface area contributed by atoms with Gasteiger partial charge in [0.05, 0.1) is 12.1 Å². The first-order chi connectivity index (χ1) is 11.6. The molecule has 5 nitrogen and oxygen atoms in total. The molecular formula is C19H31N3O2. The van der Waals surface area contributed by atoms with E-state index in [1.807, 2.05) is 18.2 Å². The molecule has 0 radical (unpaired) electrons. The van der Waals surface area contributed by atoms with Gasteiger partial charge in [0.25, 0.3) is 0 Å². The quantitative estimate of drug-likeness (QED) is 0.719. The van der Waals surface area contributed by atoms with Gasteiger partial charge >= 0.3 is 6.03 Å². The van der Waals surface area contributed by atoms with Crippen molar-refractivity contribution >= 4 is 6.03 Å². The van der Waals surface area contributed by atoms with Gasteiger partial charge in [0.1, 0.15) is 0 Å². The van der Waals surface area contributed by atoms with Crippen molar-refractivity contribution in [3.63, 3.8) is 0 Å². The van der Waals surface area contributed by atoms with E-state index in [9.17, 15) is 9.90 Å².